The predicted octanol–water partition coefficient (Wildman–Crippen LogP) is 2.55. The lowest BCUT2D eigenvalue weighted by atomic mass is 10.1. The smallest absolute Gasteiger partial charge is 0.0542 e. The van der Waals surface area contributed by atoms with Gasteiger partial charge in [-0.05, 0) is 39.8 Å². The van der Waals surface area contributed by atoms with Crippen LogP contribution >= 0.6 is 34.2 Å². The molecule has 0 bridgehead atoms. The fourth-order valence-electron chi connectivity index (χ4n) is 1.31. The first-order valence-electron chi connectivity index (χ1n) is 3.45. The summed E-state index contributed by atoms with van der Waals surface area (Å²) in [4.78, 5) is 0. The summed E-state index contributed by atoms with van der Waals surface area (Å²) >= 11 is 8.26. The summed E-state index contributed by atoms with van der Waals surface area (Å²) in [6.07, 6.45) is 0. The maximum absolute atomic E-state index is 5.96. The van der Waals surface area contributed by atoms with Crippen LogP contribution in [0.2, 0.25) is 5.02 Å². The Labute approximate surface area is 84.3 Å². The minimum absolute atomic E-state index is 0.869. The van der Waals surface area contributed by atoms with Gasteiger partial charge in [0.2, 0.25) is 0 Å². The SMILES string of the molecule is Clc1ccc2c(c1I)CNC2. The van der Waals surface area contributed by atoms with Gasteiger partial charge in [-0.2, -0.15) is 0 Å². The minimum atomic E-state index is 0.869. The molecular weight excluding hydrogens is 272 g/mol. The van der Waals surface area contributed by atoms with Crippen molar-refractivity contribution in [3.05, 3.63) is 31.9 Å². The summed E-state index contributed by atoms with van der Waals surface area (Å²) in [5.41, 5.74) is 2.76. The van der Waals surface area contributed by atoms with Crippen LogP contribution in [0.4, 0.5) is 0 Å². The van der Waals surface area contributed by atoms with E-state index in [0.717, 1.165) is 18.1 Å². The molecule has 58 valence electrons. The second-order valence-corrected chi connectivity index (χ2v) is 4.09. The summed E-state index contributed by atoms with van der Waals surface area (Å²) in [7, 11) is 0. The van der Waals surface area contributed by atoms with Crippen molar-refractivity contribution in [1.82, 2.24) is 5.32 Å². The average molecular weight is 280 g/mol. The predicted molar refractivity (Wildman–Crippen MR) is 54.7 cm³/mol. The van der Waals surface area contributed by atoms with E-state index in [1.807, 2.05) is 6.07 Å². The molecular formula is C8H7ClIN. The van der Waals surface area contributed by atoms with Crippen molar-refractivity contribution in [2.24, 2.45) is 0 Å². The highest BCUT2D eigenvalue weighted by Crippen LogP contribution is 2.27. The Bertz CT molecular complexity index is 298. The Morgan fingerprint density at radius 2 is 2.18 bits per heavy atom. The zero-order chi connectivity index (χ0) is 7.84. The van der Waals surface area contributed by atoms with Crippen LogP contribution in [0.15, 0.2) is 12.1 Å². The molecule has 0 aromatic heterocycles. The van der Waals surface area contributed by atoms with Crippen LogP contribution in [0.25, 0.3) is 0 Å². The summed E-state index contributed by atoms with van der Waals surface area (Å²) in [5, 5.41) is 4.16. The van der Waals surface area contributed by atoms with E-state index >= 15 is 0 Å². The molecule has 1 aliphatic heterocycles. The monoisotopic (exact) mass is 279 g/mol. The summed E-state index contributed by atoms with van der Waals surface area (Å²) in [5.74, 6) is 0. The Kier molecular flexibility index (Phi) is 2.08. The van der Waals surface area contributed by atoms with Crippen LogP contribution in [-0.2, 0) is 13.1 Å². The van der Waals surface area contributed by atoms with E-state index in [2.05, 4.69) is 34.0 Å². The van der Waals surface area contributed by atoms with Crippen LogP contribution in [0.1, 0.15) is 11.1 Å². The fourth-order valence-corrected chi connectivity index (χ4v) is 2.21. The molecule has 0 atom stereocenters. The van der Waals surface area contributed by atoms with Crippen LogP contribution in [0.3, 0.4) is 0 Å². The maximum atomic E-state index is 5.96. The molecule has 2 rings (SSSR count). The van der Waals surface area contributed by atoms with Crippen LogP contribution in [0, 0.1) is 3.57 Å². The lowest BCUT2D eigenvalue weighted by molar-refractivity contribution is 0.764. The van der Waals surface area contributed by atoms with Crippen molar-refractivity contribution >= 4 is 34.2 Å². The largest absolute Gasteiger partial charge is 0.309 e. The van der Waals surface area contributed by atoms with Crippen LogP contribution < -0.4 is 5.32 Å². The molecule has 1 aromatic carbocycles. The van der Waals surface area contributed by atoms with Gasteiger partial charge in [0.1, 0.15) is 0 Å². The standard InChI is InChI=1S/C8H7ClIN/c9-7-2-1-5-3-11-4-6(5)8(7)10/h1-2,11H,3-4H2. The van der Waals surface area contributed by atoms with Crippen molar-refractivity contribution < 1.29 is 0 Å². The molecule has 3 heteroatoms. The zero-order valence-electron chi connectivity index (χ0n) is 5.82. The van der Waals surface area contributed by atoms with Gasteiger partial charge in [-0.25, -0.2) is 0 Å². The lowest BCUT2D eigenvalue weighted by Crippen LogP contribution is -2.00. The number of benzene rings is 1. The Morgan fingerprint density at radius 1 is 1.36 bits per heavy atom. The molecule has 0 amide bonds. The van der Waals surface area contributed by atoms with Crippen molar-refractivity contribution in [1.29, 1.82) is 0 Å². The van der Waals surface area contributed by atoms with Crippen LogP contribution in [-0.4, -0.2) is 0 Å². The lowest BCUT2D eigenvalue weighted by Gasteiger charge is -2.01. The van der Waals surface area contributed by atoms with Gasteiger partial charge in [0.05, 0.1) is 5.02 Å². The van der Waals surface area contributed by atoms with E-state index < -0.39 is 0 Å². The molecule has 0 aliphatic carbocycles. The molecule has 0 radical (unpaired) electrons. The number of rotatable bonds is 0. The molecule has 1 heterocycles. The molecule has 0 saturated heterocycles. The van der Waals surface area contributed by atoms with E-state index in [0.29, 0.717) is 0 Å². The van der Waals surface area contributed by atoms with Gasteiger partial charge in [-0.3, -0.25) is 0 Å². The second kappa shape index (κ2) is 2.92. The van der Waals surface area contributed by atoms with Gasteiger partial charge in [0, 0.05) is 16.7 Å². The highest BCUT2D eigenvalue weighted by Gasteiger charge is 2.14. The Hall–Kier alpha value is 0.200. The minimum Gasteiger partial charge on any atom is -0.309 e. The quantitative estimate of drug-likeness (QED) is 0.720. The number of fused-ring (bicyclic) bond motifs is 1. The van der Waals surface area contributed by atoms with Gasteiger partial charge >= 0.3 is 0 Å². The third-order valence-electron chi connectivity index (χ3n) is 1.91. The first-order valence-corrected chi connectivity index (χ1v) is 4.91. The normalized spacial score (nSPS) is 15.1. The Balaban J connectivity index is 2.62. The van der Waals surface area contributed by atoms with Gasteiger partial charge in [-0.15, -0.1) is 0 Å². The van der Waals surface area contributed by atoms with E-state index in [1.54, 1.807) is 0 Å². The topological polar surface area (TPSA) is 12.0 Å². The van der Waals surface area contributed by atoms with E-state index in [4.69, 9.17) is 11.6 Å². The molecule has 0 spiro atoms. The molecule has 0 saturated carbocycles. The Morgan fingerprint density at radius 3 is 3.00 bits per heavy atom. The van der Waals surface area contributed by atoms with E-state index in [9.17, 15) is 0 Å². The number of hydrogen-bond donors (Lipinski definition) is 1. The zero-order valence-corrected chi connectivity index (χ0v) is 8.74. The molecule has 1 N–H and O–H groups in total. The molecule has 1 nitrogen and oxygen atoms in total. The van der Waals surface area contributed by atoms with Crippen molar-refractivity contribution in [2.45, 2.75) is 13.1 Å². The van der Waals surface area contributed by atoms with E-state index in [1.165, 1.54) is 14.7 Å². The summed E-state index contributed by atoms with van der Waals surface area (Å²) in [6, 6.07) is 4.06. The van der Waals surface area contributed by atoms with E-state index in [-0.39, 0.29) is 0 Å². The fraction of sp³-hybridized carbons (Fsp3) is 0.250. The molecule has 11 heavy (non-hydrogen) atoms. The third kappa shape index (κ3) is 1.27. The highest BCUT2D eigenvalue weighted by atomic mass is 127. The molecule has 0 unspecified atom stereocenters. The average Bonchev–Trinajstić information content (AvgIpc) is 2.45. The number of hydrogen-bond acceptors (Lipinski definition) is 1. The molecule has 0 fully saturated rings. The van der Waals surface area contributed by atoms with Crippen molar-refractivity contribution in [3.63, 3.8) is 0 Å². The second-order valence-electron chi connectivity index (χ2n) is 2.60. The van der Waals surface area contributed by atoms with Gasteiger partial charge in [0.25, 0.3) is 0 Å². The first kappa shape index (κ1) is 7.83. The first-order chi connectivity index (χ1) is 5.29. The maximum Gasteiger partial charge on any atom is 0.0542 e. The van der Waals surface area contributed by atoms with Gasteiger partial charge < -0.3 is 5.32 Å². The summed E-state index contributed by atoms with van der Waals surface area (Å²) in [6.45, 7) is 1.96. The number of nitrogens with one attached hydrogen (secondary N) is 1. The highest BCUT2D eigenvalue weighted by molar-refractivity contribution is 14.1. The van der Waals surface area contributed by atoms with Crippen molar-refractivity contribution in [2.75, 3.05) is 0 Å². The van der Waals surface area contributed by atoms with Gasteiger partial charge in [0.15, 0.2) is 0 Å². The summed E-state index contributed by atoms with van der Waals surface area (Å²) < 4.78 is 1.20. The molecule has 1 aromatic rings. The molecule has 1 aliphatic rings. The third-order valence-corrected chi connectivity index (χ3v) is 3.78. The van der Waals surface area contributed by atoms with Crippen LogP contribution in [0.5, 0.6) is 0 Å². The van der Waals surface area contributed by atoms with Gasteiger partial charge in [-0.1, -0.05) is 17.7 Å². The van der Waals surface area contributed by atoms with Crippen molar-refractivity contribution in [3.8, 4) is 0 Å². The number of halogens is 2.